The third-order valence-electron chi connectivity index (χ3n) is 2.06. The molecule has 96 valence electrons. The summed E-state index contributed by atoms with van der Waals surface area (Å²) in [5, 5.41) is 0. The number of hydrogen-bond acceptors (Lipinski definition) is 6. The van der Waals surface area contributed by atoms with Crippen LogP contribution in [-0.2, 0) is 28.6 Å². The van der Waals surface area contributed by atoms with Crippen molar-refractivity contribution in [1.82, 2.24) is 0 Å². The van der Waals surface area contributed by atoms with Crippen LogP contribution in [0.2, 0.25) is 0 Å². The molecular weight excluding hydrogens is 268 g/mol. The lowest BCUT2D eigenvalue weighted by Crippen LogP contribution is -2.24. The molecule has 6 nitrogen and oxygen atoms in total. The lowest BCUT2D eigenvalue weighted by atomic mass is 10.2. The Balaban J connectivity index is 3.44. The Hall–Kier alpha value is -0.960. The predicted octanol–water partition coefficient (Wildman–Crippen LogP) is 0.638. The van der Waals surface area contributed by atoms with Crippen molar-refractivity contribution in [3.8, 4) is 0 Å². The van der Waals surface area contributed by atoms with Crippen LogP contribution in [0.15, 0.2) is 30.3 Å². The molecule has 1 rings (SSSR count). The van der Waals surface area contributed by atoms with Crippen molar-refractivity contribution in [2.24, 2.45) is 0 Å². The van der Waals surface area contributed by atoms with Crippen LogP contribution >= 0.6 is 0 Å². The van der Waals surface area contributed by atoms with Gasteiger partial charge >= 0.3 is 0 Å². The van der Waals surface area contributed by atoms with E-state index in [1.165, 1.54) is 24.3 Å². The highest BCUT2D eigenvalue weighted by molar-refractivity contribution is 8.04. The summed E-state index contributed by atoms with van der Waals surface area (Å²) < 4.78 is 53.1. The highest BCUT2D eigenvalue weighted by Crippen LogP contribution is 2.30. The third-order valence-corrected chi connectivity index (χ3v) is 6.00. The quantitative estimate of drug-likeness (QED) is 0.735. The zero-order valence-corrected chi connectivity index (χ0v) is 10.9. The molecule has 0 heterocycles. The van der Waals surface area contributed by atoms with E-state index in [0.717, 1.165) is 14.2 Å². The van der Waals surface area contributed by atoms with Crippen molar-refractivity contribution in [2.75, 3.05) is 14.2 Å². The molecule has 0 spiro atoms. The van der Waals surface area contributed by atoms with Crippen LogP contribution < -0.4 is 0 Å². The normalized spacial score (nSPS) is 12.9. The van der Waals surface area contributed by atoms with Gasteiger partial charge in [-0.05, 0) is 5.56 Å². The minimum absolute atomic E-state index is 0.0659. The Kier molecular flexibility index (Phi) is 4.26. The van der Waals surface area contributed by atoms with E-state index < -0.39 is 24.8 Å². The predicted molar refractivity (Wildman–Crippen MR) is 61.0 cm³/mol. The van der Waals surface area contributed by atoms with E-state index in [-0.39, 0.29) is 5.56 Å². The molecule has 1 aromatic rings. The highest BCUT2D eigenvalue weighted by atomic mass is 32.3. The van der Waals surface area contributed by atoms with Crippen LogP contribution in [0.5, 0.6) is 0 Å². The van der Waals surface area contributed by atoms with Gasteiger partial charge in [-0.2, -0.15) is 16.8 Å². The van der Waals surface area contributed by atoms with Crippen LogP contribution in [0, 0.1) is 0 Å². The molecule has 17 heavy (non-hydrogen) atoms. The Morgan fingerprint density at radius 3 is 1.65 bits per heavy atom. The number of benzene rings is 1. The summed E-state index contributed by atoms with van der Waals surface area (Å²) in [4.78, 5) is 0. The minimum atomic E-state index is -4.30. The molecule has 1 aromatic carbocycles. The van der Waals surface area contributed by atoms with Gasteiger partial charge in [0.1, 0.15) is 0 Å². The molecule has 0 saturated heterocycles. The van der Waals surface area contributed by atoms with Gasteiger partial charge in [0.2, 0.25) is 4.58 Å². The topological polar surface area (TPSA) is 86.7 Å². The van der Waals surface area contributed by atoms with E-state index >= 15 is 0 Å². The first-order valence-corrected chi connectivity index (χ1v) is 7.43. The average molecular weight is 280 g/mol. The maximum Gasteiger partial charge on any atom is 0.291 e. The largest absolute Gasteiger partial charge is 0.291 e. The molecule has 0 aliphatic heterocycles. The standard InChI is InChI=1S/C9H12O6S2/c1-14-16(10,11)9(17(12,13)15-2)8-6-4-3-5-7-8/h3-7,9H,1-2H3. The summed E-state index contributed by atoms with van der Waals surface area (Å²) in [5.74, 6) is 0. The molecule has 0 N–H and O–H groups in total. The van der Waals surface area contributed by atoms with E-state index in [0.29, 0.717) is 0 Å². The molecular formula is C9H12O6S2. The first-order valence-electron chi connectivity index (χ1n) is 4.49. The second-order valence-corrected chi connectivity index (χ2v) is 6.94. The maximum absolute atomic E-state index is 11.6. The lowest BCUT2D eigenvalue weighted by molar-refractivity contribution is 0.375. The van der Waals surface area contributed by atoms with Gasteiger partial charge < -0.3 is 0 Å². The SMILES string of the molecule is COS(=O)(=O)C(c1ccccc1)S(=O)(=O)OC. The van der Waals surface area contributed by atoms with Crippen LogP contribution in [0.25, 0.3) is 0 Å². The summed E-state index contributed by atoms with van der Waals surface area (Å²) >= 11 is 0. The Labute approximate surface area is 100 Å². The molecule has 0 aromatic heterocycles. The highest BCUT2D eigenvalue weighted by Gasteiger charge is 2.40. The van der Waals surface area contributed by atoms with Gasteiger partial charge in [-0.15, -0.1) is 0 Å². The van der Waals surface area contributed by atoms with Crippen LogP contribution in [-0.4, -0.2) is 31.1 Å². The molecule has 0 bridgehead atoms. The summed E-state index contributed by atoms with van der Waals surface area (Å²) in [6.07, 6.45) is 0. The van der Waals surface area contributed by atoms with Gasteiger partial charge in [0.05, 0.1) is 14.2 Å². The number of rotatable bonds is 5. The maximum atomic E-state index is 11.6. The summed E-state index contributed by atoms with van der Waals surface area (Å²) in [6, 6.07) is 7.44. The molecule has 0 saturated carbocycles. The van der Waals surface area contributed by atoms with Crippen molar-refractivity contribution in [1.29, 1.82) is 0 Å². The smallest absolute Gasteiger partial charge is 0.272 e. The third kappa shape index (κ3) is 3.03. The second-order valence-electron chi connectivity index (χ2n) is 3.06. The van der Waals surface area contributed by atoms with Gasteiger partial charge in [-0.25, -0.2) is 0 Å². The Morgan fingerprint density at radius 2 is 1.29 bits per heavy atom. The van der Waals surface area contributed by atoms with Crippen LogP contribution in [0.3, 0.4) is 0 Å². The van der Waals surface area contributed by atoms with Gasteiger partial charge in [0.15, 0.2) is 0 Å². The first kappa shape index (κ1) is 14.1. The molecule has 0 aliphatic rings. The fraction of sp³-hybridized carbons (Fsp3) is 0.333. The molecule has 8 heteroatoms. The van der Waals surface area contributed by atoms with Gasteiger partial charge in [-0.3, -0.25) is 8.37 Å². The molecule has 0 amide bonds. The first-order chi connectivity index (χ1) is 7.85. The van der Waals surface area contributed by atoms with Crippen LogP contribution in [0.4, 0.5) is 0 Å². The van der Waals surface area contributed by atoms with Crippen molar-refractivity contribution in [3.63, 3.8) is 0 Å². The van der Waals surface area contributed by atoms with Gasteiger partial charge in [-0.1, -0.05) is 30.3 Å². The fourth-order valence-electron chi connectivity index (χ4n) is 1.26. The van der Waals surface area contributed by atoms with Crippen LogP contribution in [0.1, 0.15) is 10.1 Å². The van der Waals surface area contributed by atoms with Crippen molar-refractivity contribution in [3.05, 3.63) is 35.9 Å². The molecule has 0 atom stereocenters. The van der Waals surface area contributed by atoms with E-state index in [2.05, 4.69) is 8.37 Å². The fourth-order valence-corrected chi connectivity index (χ4v) is 4.22. The molecule has 0 aliphatic carbocycles. The van der Waals surface area contributed by atoms with E-state index in [9.17, 15) is 16.8 Å². The number of hydrogen-bond donors (Lipinski definition) is 0. The average Bonchev–Trinajstić information content (AvgIpc) is 2.30. The van der Waals surface area contributed by atoms with E-state index in [4.69, 9.17) is 0 Å². The lowest BCUT2D eigenvalue weighted by Gasteiger charge is -2.15. The van der Waals surface area contributed by atoms with E-state index in [1.807, 2.05) is 0 Å². The summed E-state index contributed by atoms with van der Waals surface area (Å²) in [7, 11) is -6.79. The molecule has 0 radical (unpaired) electrons. The summed E-state index contributed by atoms with van der Waals surface area (Å²) in [5.41, 5.74) is 0.0659. The second kappa shape index (κ2) is 5.13. The monoisotopic (exact) mass is 280 g/mol. The van der Waals surface area contributed by atoms with Crippen molar-refractivity contribution >= 4 is 20.2 Å². The zero-order valence-electron chi connectivity index (χ0n) is 9.23. The molecule has 0 unspecified atom stereocenters. The zero-order chi connectivity index (χ0) is 13.1. The minimum Gasteiger partial charge on any atom is -0.272 e. The Bertz CT molecular complexity index is 527. The Morgan fingerprint density at radius 1 is 0.882 bits per heavy atom. The van der Waals surface area contributed by atoms with Crippen molar-refractivity contribution in [2.45, 2.75) is 4.58 Å². The van der Waals surface area contributed by atoms with Gasteiger partial charge in [0.25, 0.3) is 20.2 Å². The van der Waals surface area contributed by atoms with Gasteiger partial charge in [0, 0.05) is 0 Å². The van der Waals surface area contributed by atoms with Crippen molar-refractivity contribution < 1.29 is 25.2 Å². The summed E-state index contributed by atoms with van der Waals surface area (Å²) in [6.45, 7) is 0. The molecule has 0 fully saturated rings. The van der Waals surface area contributed by atoms with E-state index in [1.54, 1.807) is 6.07 Å².